The number of rotatable bonds is 6. The molecule has 4 nitrogen and oxygen atoms in total. The van der Waals surface area contributed by atoms with E-state index >= 15 is 0 Å². The third kappa shape index (κ3) is 4.50. The lowest BCUT2D eigenvalue weighted by atomic mass is 9.95. The Bertz CT molecular complexity index is 1440. The first-order valence-corrected chi connectivity index (χ1v) is 12.5. The molecule has 0 fully saturated rings. The molecule has 36 heavy (non-hydrogen) atoms. The smallest absolute Gasteiger partial charge is 0.407 e. The highest BCUT2D eigenvalue weighted by molar-refractivity contribution is 7.80. The van der Waals surface area contributed by atoms with Crippen LogP contribution in [-0.2, 0) is 11.3 Å². The molecule has 1 aliphatic rings. The first-order valence-electron chi connectivity index (χ1n) is 11.3. The van der Waals surface area contributed by atoms with E-state index in [0.29, 0.717) is 27.1 Å². The zero-order valence-electron chi connectivity index (χ0n) is 19.0. The highest BCUT2D eigenvalue weighted by Crippen LogP contribution is 2.44. The van der Waals surface area contributed by atoms with Crippen LogP contribution >= 0.6 is 35.8 Å². The molecule has 180 valence electrons. The molecule has 0 unspecified atom stereocenters. The molecule has 5 rings (SSSR count). The molecule has 0 heterocycles. The van der Waals surface area contributed by atoms with E-state index in [1.807, 2.05) is 36.4 Å². The van der Waals surface area contributed by atoms with E-state index < -0.39 is 6.09 Å². The summed E-state index contributed by atoms with van der Waals surface area (Å²) in [5.74, 6) is -0.0420. The highest BCUT2D eigenvalue weighted by atomic mass is 35.5. The number of halogens is 2. The van der Waals surface area contributed by atoms with Crippen molar-refractivity contribution < 1.29 is 14.3 Å². The van der Waals surface area contributed by atoms with Crippen LogP contribution in [0.3, 0.4) is 0 Å². The zero-order chi connectivity index (χ0) is 25.2. The summed E-state index contributed by atoms with van der Waals surface area (Å²) in [5, 5.41) is 3.33. The lowest BCUT2D eigenvalue weighted by Crippen LogP contribution is -2.26. The maximum Gasteiger partial charge on any atom is 0.407 e. The maximum atomic E-state index is 12.8. The molecular weight excluding hydrogens is 513 g/mol. The highest BCUT2D eigenvalue weighted by Gasteiger charge is 2.29. The van der Waals surface area contributed by atoms with Gasteiger partial charge in [0, 0.05) is 22.9 Å². The number of thiol groups is 1. The molecule has 1 amide bonds. The summed E-state index contributed by atoms with van der Waals surface area (Å²) in [6.45, 7) is 0.260. The molecule has 0 radical (unpaired) electrons. The van der Waals surface area contributed by atoms with Gasteiger partial charge in [0.2, 0.25) is 0 Å². The van der Waals surface area contributed by atoms with E-state index in [0.717, 1.165) is 28.5 Å². The van der Waals surface area contributed by atoms with Crippen molar-refractivity contribution in [2.45, 2.75) is 17.4 Å². The summed E-state index contributed by atoms with van der Waals surface area (Å²) in [5.41, 5.74) is 7.00. The van der Waals surface area contributed by atoms with Gasteiger partial charge >= 0.3 is 6.09 Å². The van der Waals surface area contributed by atoms with Crippen LogP contribution in [0, 0.1) is 0 Å². The molecular formula is C29H21Cl2NO3S. The maximum absolute atomic E-state index is 12.8. The predicted molar refractivity (Wildman–Crippen MR) is 146 cm³/mol. The largest absolute Gasteiger partial charge is 0.449 e. The lowest BCUT2D eigenvalue weighted by Gasteiger charge is -2.18. The molecule has 0 atom stereocenters. The topological polar surface area (TPSA) is 55.4 Å². The zero-order valence-corrected chi connectivity index (χ0v) is 21.4. The number of benzene rings is 4. The van der Waals surface area contributed by atoms with Gasteiger partial charge < -0.3 is 10.1 Å². The van der Waals surface area contributed by atoms with E-state index in [2.05, 4.69) is 42.2 Å². The summed E-state index contributed by atoms with van der Waals surface area (Å²) in [6, 6.07) is 25.2. The number of carbonyl (C=O) groups excluding carboxylic acids is 2. The first kappa shape index (κ1) is 24.4. The molecule has 0 bridgehead atoms. The molecule has 0 saturated heterocycles. The molecule has 4 aromatic carbocycles. The second-order valence-electron chi connectivity index (χ2n) is 8.43. The lowest BCUT2D eigenvalue weighted by molar-refractivity contribution is 0.112. The average Bonchev–Trinajstić information content (AvgIpc) is 3.23. The number of hydrogen-bond donors (Lipinski definition) is 2. The molecule has 0 aromatic heterocycles. The van der Waals surface area contributed by atoms with Crippen LogP contribution in [-0.4, -0.2) is 19.0 Å². The minimum atomic E-state index is -0.575. The molecule has 4 aromatic rings. The average molecular weight is 534 g/mol. The number of fused-ring (bicyclic) bond motifs is 3. The second-order valence-corrected chi connectivity index (χ2v) is 9.67. The van der Waals surface area contributed by atoms with E-state index in [4.69, 9.17) is 27.9 Å². The summed E-state index contributed by atoms with van der Waals surface area (Å²) in [4.78, 5) is 24.9. The van der Waals surface area contributed by atoms with Crippen molar-refractivity contribution in [3.05, 3.63) is 111 Å². The Balaban J connectivity index is 1.35. The summed E-state index contributed by atoms with van der Waals surface area (Å²) < 4.78 is 5.65. The van der Waals surface area contributed by atoms with Crippen molar-refractivity contribution in [2.24, 2.45) is 0 Å². The van der Waals surface area contributed by atoms with Crippen LogP contribution in [0.2, 0.25) is 10.0 Å². The van der Waals surface area contributed by atoms with Gasteiger partial charge in [-0.05, 0) is 45.0 Å². The standard InChI is InChI=1S/C29H21Cl2NO3S/c30-27-24(23(13-26(36)28(27)31)18-8-2-1-7-17(18)15-33)14-32-29(34)35-16-25-21-11-5-3-9-19(21)20-10-4-6-12-22(20)25/h1-13,15,25,36H,14,16H2,(H,32,34). The van der Waals surface area contributed by atoms with Crippen molar-refractivity contribution >= 4 is 48.2 Å². The Kier molecular flexibility index (Phi) is 7.06. The Morgan fingerprint density at radius 2 is 1.44 bits per heavy atom. The number of nitrogens with one attached hydrogen (secondary N) is 1. The number of alkyl carbamates (subject to hydrolysis) is 1. The Labute approximate surface area is 224 Å². The normalized spacial score (nSPS) is 12.1. The Morgan fingerprint density at radius 3 is 2.08 bits per heavy atom. The number of amides is 1. The molecule has 1 N–H and O–H groups in total. The van der Waals surface area contributed by atoms with Crippen LogP contribution in [0.15, 0.2) is 83.8 Å². The van der Waals surface area contributed by atoms with E-state index in [1.165, 1.54) is 0 Å². The quantitative estimate of drug-likeness (QED) is 0.196. The van der Waals surface area contributed by atoms with Crippen LogP contribution in [0.25, 0.3) is 22.3 Å². The van der Waals surface area contributed by atoms with Gasteiger partial charge in [0.15, 0.2) is 6.29 Å². The van der Waals surface area contributed by atoms with Crippen LogP contribution in [0.1, 0.15) is 33.0 Å². The Morgan fingerprint density at radius 1 is 0.861 bits per heavy atom. The monoisotopic (exact) mass is 533 g/mol. The summed E-state index contributed by atoms with van der Waals surface area (Å²) in [6.07, 6.45) is 0.201. The van der Waals surface area contributed by atoms with Crippen molar-refractivity contribution in [2.75, 3.05) is 6.61 Å². The van der Waals surface area contributed by atoms with Crippen LogP contribution in [0.5, 0.6) is 0 Å². The number of ether oxygens (including phenoxy) is 1. The van der Waals surface area contributed by atoms with E-state index in [-0.39, 0.29) is 29.1 Å². The van der Waals surface area contributed by atoms with Gasteiger partial charge in [0.05, 0.1) is 10.0 Å². The molecule has 0 spiro atoms. The van der Waals surface area contributed by atoms with Gasteiger partial charge in [0.1, 0.15) is 6.61 Å². The van der Waals surface area contributed by atoms with Gasteiger partial charge in [-0.25, -0.2) is 4.79 Å². The molecule has 1 aliphatic carbocycles. The fourth-order valence-electron chi connectivity index (χ4n) is 4.72. The SMILES string of the molecule is O=Cc1ccccc1-c1cc(S)c(Cl)c(Cl)c1CNC(=O)OCC1c2ccccc2-c2ccccc21. The van der Waals surface area contributed by atoms with Gasteiger partial charge in [-0.2, -0.15) is 0 Å². The fraction of sp³-hybridized carbons (Fsp3) is 0.103. The molecule has 0 aliphatic heterocycles. The van der Waals surface area contributed by atoms with Crippen molar-refractivity contribution in [3.8, 4) is 22.3 Å². The fourth-order valence-corrected chi connectivity index (χ4v) is 5.46. The minimum absolute atomic E-state index is 0.0420. The molecule has 0 saturated carbocycles. The van der Waals surface area contributed by atoms with Gasteiger partial charge in [0.25, 0.3) is 0 Å². The number of carbonyl (C=O) groups is 2. The summed E-state index contributed by atoms with van der Waals surface area (Å²) in [7, 11) is 0. The first-order chi connectivity index (χ1) is 17.5. The Hall–Kier alpha value is -3.25. The van der Waals surface area contributed by atoms with Gasteiger partial charge in [-0.3, -0.25) is 4.79 Å². The van der Waals surface area contributed by atoms with Crippen molar-refractivity contribution in [3.63, 3.8) is 0 Å². The summed E-state index contributed by atoms with van der Waals surface area (Å²) >= 11 is 17.3. The molecule has 7 heteroatoms. The third-order valence-electron chi connectivity index (χ3n) is 6.42. The number of hydrogen-bond acceptors (Lipinski definition) is 4. The number of aldehydes is 1. The third-order valence-corrected chi connectivity index (χ3v) is 7.81. The van der Waals surface area contributed by atoms with E-state index in [1.54, 1.807) is 18.2 Å². The van der Waals surface area contributed by atoms with E-state index in [9.17, 15) is 9.59 Å². The van der Waals surface area contributed by atoms with Crippen LogP contribution in [0.4, 0.5) is 4.79 Å². The van der Waals surface area contributed by atoms with Gasteiger partial charge in [-0.15, -0.1) is 12.6 Å². The predicted octanol–water partition coefficient (Wildman–Crippen LogP) is 7.80. The second kappa shape index (κ2) is 10.4. The van der Waals surface area contributed by atoms with Crippen molar-refractivity contribution in [1.29, 1.82) is 0 Å². The minimum Gasteiger partial charge on any atom is -0.449 e. The van der Waals surface area contributed by atoms with Crippen molar-refractivity contribution in [1.82, 2.24) is 5.32 Å². The van der Waals surface area contributed by atoms with Gasteiger partial charge in [-0.1, -0.05) is 96.0 Å². The van der Waals surface area contributed by atoms with Crippen LogP contribution < -0.4 is 5.32 Å².